The van der Waals surface area contributed by atoms with Gasteiger partial charge in [-0.3, -0.25) is 19.4 Å². The van der Waals surface area contributed by atoms with Gasteiger partial charge in [-0.2, -0.15) is 0 Å². The summed E-state index contributed by atoms with van der Waals surface area (Å²) in [6, 6.07) is -10.4. The Labute approximate surface area is 833 Å². The maximum Gasteiger partial charge on any atom is 0.251 e. The van der Waals surface area contributed by atoms with Crippen LogP contribution >= 0.6 is 0 Å². The van der Waals surface area contributed by atoms with Crippen molar-refractivity contribution >= 4 is 23.4 Å². The molecule has 0 radical (unpaired) electrons. The van der Waals surface area contributed by atoms with E-state index in [2.05, 4.69) is 10.3 Å². The lowest BCUT2D eigenvalue weighted by Gasteiger charge is -2.47. The van der Waals surface area contributed by atoms with Crippen molar-refractivity contribution in [2.24, 2.45) is 126 Å². The van der Waals surface area contributed by atoms with Gasteiger partial charge in [0.2, 0.25) is 0 Å². The number of ether oxygens (including phenoxy) is 18. The van der Waals surface area contributed by atoms with Crippen molar-refractivity contribution in [1.29, 1.82) is 0 Å². The highest BCUT2D eigenvalue weighted by atomic mass is 16.8. The molecule has 1 amide bonds. The van der Waals surface area contributed by atoms with Gasteiger partial charge in [-0.05, 0) is 50.5 Å². The van der Waals surface area contributed by atoms with Crippen LogP contribution in [-0.4, -0.2) is 535 Å². The first-order chi connectivity index (χ1) is 68.7. The fourth-order valence-corrected chi connectivity index (χ4v) is 19.7. The van der Waals surface area contributed by atoms with Crippen molar-refractivity contribution in [2.45, 2.75) is 401 Å². The number of aliphatic imine (C=N–C) groups is 1. The highest BCUT2D eigenvalue weighted by Gasteiger charge is 2.61. The molecule has 12 rings (SSSR count). The normalized spacial score (nSPS) is 46.8. The van der Waals surface area contributed by atoms with Crippen LogP contribution in [0.15, 0.2) is 4.99 Å². The second kappa shape index (κ2) is 56.3. The average Bonchev–Trinajstić information content (AvgIpc) is 1.75. The molecule has 9 heterocycles. The van der Waals surface area contributed by atoms with Crippen molar-refractivity contribution in [2.75, 3.05) is 78.7 Å². The van der Waals surface area contributed by atoms with Gasteiger partial charge in [0.05, 0.1) is 105 Å². The highest BCUT2D eigenvalue weighted by Crippen LogP contribution is 2.43. The summed E-state index contributed by atoms with van der Waals surface area (Å²) in [5.74, 6) is -3.65. The molecule has 9 aliphatic heterocycles. The van der Waals surface area contributed by atoms with Crippen LogP contribution in [0.3, 0.4) is 0 Å². The molecule has 12 aliphatic rings. The molecule has 9 saturated heterocycles. The quantitative estimate of drug-likeness (QED) is 0.0200. The zero-order valence-electron chi connectivity index (χ0n) is 80.0. The second-order valence-electron chi connectivity index (χ2n) is 38.8. The zero-order chi connectivity index (χ0) is 107. The van der Waals surface area contributed by atoms with Crippen molar-refractivity contribution in [3.63, 3.8) is 0 Å². The van der Waals surface area contributed by atoms with Crippen molar-refractivity contribution in [3.05, 3.63) is 0 Å². The molecule has 12 fully saturated rings. The van der Waals surface area contributed by atoms with Crippen LogP contribution in [0.25, 0.3) is 0 Å². The maximum atomic E-state index is 13.0. The van der Waals surface area contributed by atoms with Gasteiger partial charge >= 0.3 is 0 Å². The van der Waals surface area contributed by atoms with E-state index in [4.69, 9.17) is 194 Å². The number of nitrogens with zero attached hydrogens (tertiary/aromatic N) is 1. The third kappa shape index (κ3) is 30.0. The molecule has 59 N–H and O–H groups in total. The van der Waals surface area contributed by atoms with Gasteiger partial charge in [0, 0.05) is 109 Å². The molecule has 3 aliphatic carbocycles. The zero-order valence-corrected chi connectivity index (χ0v) is 80.0. The number of nitrogens with one attached hydrogen (secondary N) is 1. The van der Waals surface area contributed by atoms with E-state index in [-0.39, 0.29) is 128 Å². The molecular formula is C83H161N21O41. The number of carbonyl (C=O) groups is 3. The van der Waals surface area contributed by atoms with E-state index in [1.54, 1.807) is 0 Å². The Hall–Kier alpha value is -4.12. The minimum absolute atomic E-state index is 0.00461. The number of ketones is 2. The fraction of sp³-hybridized carbons (Fsp3) is 0.952. The third-order valence-corrected chi connectivity index (χ3v) is 28.4. The predicted molar refractivity (Wildman–Crippen MR) is 490 cm³/mol. The second-order valence-corrected chi connectivity index (χ2v) is 38.8. The van der Waals surface area contributed by atoms with Crippen LogP contribution in [0.4, 0.5) is 0 Å². The number of guanidine groups is 1. The number of rotatable bonds is 41. The SMILES string of the molecule is NCCC(=O)C[C@@H]1C[C@H](N)[C@@H](O[C@H]2O[C@H](CN)C[C@H](O)[C@H]2N)[C@H](O[C@@H]2O[C@H](CO)[C@@H](O[C@H]3O[C@@H](CN)[C@@H](O)[C@H](O)[C@H]3N)[C@H]2O)[C@H]1O.NC[C@@H]1CC[C@@H](N)[C@@H](O[C@H]2[C@H](O[C@@H]3O[C@H](CO)[C@@H](O[C@H]4O[C@@H](CN)[C@@H](O)[C@H](O)[C@H]4N)[C@H]3O)[C@@H](O)[C@H](NC(=O)C(O)[C@H](O)CN)C[C@@H]2N)O1.NC[C@@H]1C[C@H](O)[C@@H](N)[C@@H](O[C@H]2[C@H](O[C@@H]3O[C@H](CO)[C@@H](O[C@H]4O[C@@H](CN)[C@@H](O)[C@H](O)[C@H]4N)[C@H]3O)[C@@H](O)[C@H](CC(=O)[C@@H](O)CCN=C(N)N)C[C@@H]2N)O1. The topological polar surface area (TPSA) is 1140 Å². The van der Waals surface area contributed by atoms with E-state index < -0.39 is 374 Å². The maximum absolute atomic E-state index is 13.0. The summed E-state index contributed by atoms with van der Waals surface area (Å²) in [6.07, 6.45) is -56.7. The Morgan fingerprint density at radius 2 is 0.683 bits per heavy atom. The Balaban J connectivity index is 0.000000223. The first-order valence-corrected chi connectivity index (χ1v) is 48.7. The number of Topliss-reactive ketones (excluding diaryl/α,β-unsaturated/α-hetero) is 2. The molecule has 844 valence electrons. The molecule has 0 aromatic heterocycles. The summed E-state index contributed by atoms with van der Waals surface area (Å²) in [5, 5.41) is 215. The smallest absolute Gasteiger partial charge is 0.251 e. The minimum Gasteiger partial charge on any atom is -0.394 e. The molecule has 0 bridgehead atoms. The predicted octanol–water partition coefficient (Wildman–Crippen LogP) is -24.9. The number of hydrogen-bond acceptors (Lipinski definition) is 59. The van der Waals surface area contributed by atoms with Crippen molar-refractivity contribution in [1.82, 2.24) is 5.32 Å². The molecule has 1 unspecified atom stereocenters. The Kier molecular flexibility index (Phi) is 47.7. The molecule has 0 spiro atoms. The fourth-order valence-electron chi connectivity index (χ4n) is 19.7. The Morgan fingerprint density at radius 1 is 0.345 bits per heavy atom. The van der Waals surface area contributed by atoms with E-state index >= 15 is 0 Å². The summed E-state index contributed by atoms with van der Waals surface area (Å²) in [6.45, 7) is -2.57. The van der Waals surface area contributed by atoms with E-state index in [1.807, 2.05) is 0 Å². The van der Waals surface area contributed by atoms with Crippen LogP contribution in [-0.2, 0) is 99.6 Å². The first-order valence-electron chi connectivity index (χ1n) is 48.7. The largest absolute Gasteiger partial charge is 0.394 e. The monoisotopic (exact) mass is 2110 g/mol. The molecular weight excluding hydrogens is 1950 g/mol. The van der Waals surface area contributed by atoms with E-state index in [9.17, 15) is 117 Å². The molecule has 3 saturated carbocycles. The standard InChI is InChI=1S/C29H56N8O14.C27H53N7O14.C27H52N6O13/c30-6-10-5-14(41)17(33)26(46-10)49-23-11(32)3-9(4-13(40)12(39)1-2-37-29(35)36)19(42)25(23)51-28-22(45)24(16(8-38)48-28)50-27-18(34)21(44)20(43)15(7-31)47-27;28-4-8-1-2-9(31)25(43-8)46-21-10(32)3-11(34-24(42)17(38)12(36)5-29)16(37)23(21)48-27-20(41)22(14(7-35)45-27)47-26-15(33)19(40)18(39)13(6-30)44-26;28-2-1-10(35)3-9-4-12(31)22(44-25-16(32)13(36)5-11(6-29)41-25)24(18(9)37)46-27-21(40)23(15(8-34)43-27)45-26-17(33)20(39)19(38)14(7-30)42-26/h9-12,14-28,38-39,41-45H,1-8,30-34H2,(H4,35,36,37);8-23,25-27,35-41H,1-7,28-33H2,(H,34,42);9,11-27,34,36-40H,1-8,28-33H2/t9-,10-,11-,12-,14-,15-,16+,17+,18+,19-,20+,21+,22+,23+,24+,25+,26+,27+,28-;8-,9+,10-,11+,12+,13-,14+,15+,16-,17?,18+,19+,20+,21+,22+,23+,25+,26+,27-;9-,11+,12+,13+,14+,15-,16-,17-,18+,19-,20-,21-,22-,23-,24-,25-,26-,27+/m001/s1. The Morgan fingerprint density at radius 3 is 1.04 bits per heavy atom. The number of amides is 1. The summed E-state index contributed by atoms with van der Waals surface area (Å²) in [4.78, 5) is 41.9. The lowest BCUT2D eigenvalue weighted by atomic mass is 9.76. The van der Waals surface area contributed by atoms with Gasteiger partial charge < -0.3 is 302 Å². The van der Waals surface area contributed by atoms with Crippen LogP contribution in [0.2, 0.25) is 0 Å². The van der Waals surface area contributed by atoms with E-state index in [0.29, 0.717) is 12.8 Å². The van der Waals surface area contributed by atoms with Crippen LogP contribution in [0.1, 0.15) is 70.6 Å². The van der Waals surface area contributed by atoms with Crippen molar-refractivity contribution < 1.29 is 202 Å². The summed E-state index contributed by atoms with van der Waals surface area (Å²) < 4.78 is 106. The van der Waals surface area contributed by atoms with Gasteiger partial charge in [-0.15, -0.1) is 0 Å². The molecule has 145 heavy (non-hydrogen) atoms. The number of nitrogens with two attached hydrogens (primary N) is 19. The van der Waals surface area contributed by atoms with Crippen LogP contribution < -0.4 is 114 Å². The van der Waals surface area contributed by atoms with Crippen LogP contribution in [0, 0.1) is 11.8 Å². The van der Waals surface area contributed by atoms with Gasteiger partial charge in [0.1, 0.15) is 171 Å². The van der Waals surface area contributed by atoms with Gasteiger partial charge in [-0.1, -0.05) is 0 Å². The minimum atomic E-state index is -1.91. The average molecular weight is 2110 g/mol. The summed E-state index contributed by atoms with van der Waals surface area (Å²) in [5.41, 5.74) is 112. The lowest BCUT2D eigenvalue weighted by molar-refractivity contribution is -0.298. The molecule has 0 aromatic rings. The number of hydrogen-bond donors (Lipinski definition) is 40. The molecule has 56 atom stereocenters. The third-order valence-electron chi connectivity index (χ3n) is 28.4. The molecule has 62 heteroatoms. The van der Waals surface area contributed by atoms with Crippen molar-refractivity contribution in [3.8, 4) is 0 Å². The van der Waals surface area contributed by atoms with E-state index in [1.165, 1.54) is 0 Å². The summed E-state index contributed by atoms with van der Waals surface area (Å²) in [7, 11) is 0. The highest BCUT2D eigenvalue weighted by molar-refractivity contribution is 5.83. The number of carbonyl (C=O) groups excluding carboxylic acids is 3. The Bertz CT molecular complexity index is 3890. The van der Waals surface area contributed by atoms with Gasteiger partial charge in [0.15, 0.2) is 74.5 Å². The van der Waals surface area contributed by atoms with Crippen LogP contribution in [0.5, 0.6) is 0 Å². The summed E-state index contributed by atoms with van der Waals surface area (Å²) >= 11 is 0. The number of aliphatic hydroxyl groups excluding tert-OH is 20. The number of aliphatic hydroxyl groups is 20. The first kappa shape index (κ1) is 123. The van der Waals surface area contributed by atoms with Gasteiger partial charge in [0.25, 0.3) is 5.91 Å². The van der Waals surface area contributed by atoms with E-state index in [0.717, 1.165) is 0 Å². The molecule has 62 nitrogen and oxygen atoms in total. The van der Waals surface area contributed by atoms with Gasteiger partial charge in [-0.25, -0.2) is 0 Å². The lowest BCUT2D eigenvalue weighted by Crippen LogP contribution is -2.67. The molecule has 0 aromatic carbocycles.